The van der Waals surface area contributed by atoms with E-state index in [1.807, 2.05) is 36.4 Å². The number of anilines is 1. The Bertz CT molecular complexity index is 898. The number of amides is 1. The van der Waals surface area contributed by atoms with Gasteiger partial charge in [-0.2, -0.15) is 0 Å². The van der Waals surface area contributed by atoms with E-state index >= 15 is 0 Å². The predicted octanol–water partition coefficient (Wildman–Crippen LogP) is 2.11. The molecule has 2 aromatic heterocycles. The highest BCUT2D eigenvalue weighted by atomic mass is 16.2. The van der Waals surface area contributed by atoms with Crippen LogP contribution in [0.5, 0.6) is 0 Å². The van der Waals surface area contributed by atoms with Gasteiger partial charge in [-0.3, -0.25) is 9.78 Å². The van der Waals surface area contributed by atoms with Crippen LogP contribution < -0.4 is 11.1 Å². The Morgan fingerprint density at radius 1 is 1.07 bits per heavy atom. The Kier molecular flexibility index (Phi) is 6.64. The molecule has 3 rings (SSSR count). The van der Waals surface area contributed by atoms with Crippen LogP contribution in [-0.2, 0) is 17.8 Å². The van der Waals surface area contributed by atoms with E-state index < -0.39 is 0 Å². The van der Waals surface area contributed by atoms with Crippen molar-refractivity contribution in [3.63, 3.8) is 0 Å². The first-order valence-corrected chi connectivity index (χ1v) is 9.14. The Hall–Kier alpha value is -3.32. The number of hydrogen-bond donors (Lipinski definition) is 2. The second-order valence-electron chi connectivity index (χ2n) is 6.48. The van der Waals surface area contributed by atoms with Crippen LogP contribution in [-0.4, -0.2) is 45.9 Å². The number of likely N-dealkylation sites (N-methyl/N-ethyl adjacent to an activating group) is 1. The van der Waals surface area contributed by atoms with Gasteiger partial charge < -0.3 is 16.0 Å². The van der Waals surface area contributed by atoms with Gasteiger partial charge in [0.1, 0.15) is 0 Å². The molecule has 0 radical (unpaired) electrons. The van der Waals surface area contributed by atoms with Crippen LogP contribution in [0, 0.1) is 0 Å². The van der Waals surface area contributed by atoms with Gasteiger partial charge in [-0.25, -0.2) is 9.97 Å². The van der Waals surface area contributed by atoms with Gasteiger partial charge in [-0.1, -0.05) is 18.2 Å². The average Bonchev–Trinajstić information content (AvgIpc) is 2.74. The van der Waals surface area contributed by atoms with E-state index in [1.54, 1.807) is 36.7 Å². The Balaban J connectivity index is 1.60. The molecule has 0 aliphatic heterocycles. The number of benzene rings is 1. The standard InChI is InChI=1S/C21H24N6O/c1-27(20(28)12-22)15-17-3-2-4-18(11-17)19-13-25-21(26-14-19)24-10-7-16-5-8-23-9-6-16/h2-6,8-9,11,13-14H,7,10,12,15,22H2,1H3,(H,24,25,26). The maximum absolute atomic E-state index is 11.7. The summed E-state index contributed by atoms with van der Waals surface area (Å²) in [6.07, 6.45) is 8.06. The molecule has 0 bridgehead atoms. The highest BCUT2D eigenvalue weighted by Crippen LogP contribution is 2.20. The number of carbonyl (C=O) groups excluding carboxylic acids is 1. The van der Waals surface area contributed by atoms with Crippen LogP contribution >= 0.6 is 0 Å². The number of nitrogens with zero attached hydrogens (tertiary/aromatic N) is 4. The second-order valence-corrected chi connectivity index (χ2v) is 6.48. The van der Waals surface area contributed by atoms with Gasteiger partial charge >= 0.3 is 0 Å². The van der Waals surface area contributed by atoms with Crippen LogP contribution in [0.25, 0.3) is 11.1 Å². The van der Waals surface area contributed by atoms with E-state index in [0.29, 0.717) is 12.5 Å². The maximum Gasteiger partial charge on any atom is 0.236 e. The molecule has 0 aliphatic rings. The summed E-state index contributed by atoms with van der Waals surface area (Å²) in [5, 5.41) is 3.23. The Labute approximate surface area is 164 Å². The largest absolute Gasteiger partial charge is 0.354 e. The van der Waals surface area contributed by atoms with Gasteiger partial charge in [0.2, 0.25) is 11.9 Å². The molecule has 7 nitrogen and oxygen atoms in total. The van der Waals surface area contributed by atoms with Gasteiger partial charge in [-0.15, -0.1) is 0 Å². The molecule has 0 saturated heterocycles. The molecule has 0 aliphatic carbocycles. The summed E-state index contributed by atoms with van der Waals surface area (Å²) in [5.41, 5.74) is 9.59. The van der Waals surface area contributed by atoms with E-state index in [9.17, 15) is 4.79 Å². The molecule has 1 aromatic carbocycles. The van der Waals surface area contributed by atoms with E-state index in [0.717, 1.165) is 29.7 Å². The summed E-state index contributed by atoms with van der Waals surface area (Å²) in [5.74, 6) is 0.512. The van der Waals surface area contributed by atoms with E-state index in [4.69, 9.17) is 5.73 Å². The monoisotopic (exact) mass is 376 g/mol. The van der Waals surface area contributed by atoms with E-state index in [1.165, 1.54) is 5.56 Å². The first-order chi connectivity index (χ1) is 13.7. The molecular formula is C21H24N6O. The quantitative estimate of drug-likeness (QED) is 0.625. The smallest absolute Gasteiger partial charge is 0.236 e. The van der Waals surface area contributed by atoms with Crippen molar-refractivity contribution in [2.75, 3.05) is 25.5 Å². The molecule has 28 heavy (non-hydrogen) atoms. The zero-order chi connectivity index (χ0) is 19.8. The van der Waals surface area contributed by atoms with Crippen LogP contribution in [0.2, 0.25) is 0 Å². The zero-order valence-electron chi connectivity index (χ0n) is 15.9. The highest BCUT2D eigenvalue weighted by molar-refractivity contribution is 5.77. The van der Waals surface area contributed by atoms with Crippen molar-refractivity contribution in [2.24, 2.45) is 5.73 Å². The number of nitrogens with two attached hydrogens (primary N) is 1. The lowest BCUT2D eigenvalue weighted by Crippen LogP contribution is -2.32. The molecule has 0 saturated carbocycles. The molecule has 3 aromatic rings. The maximum atomic E-state index is 11.7. The number of hydrogen-bond acceptors (Lipinski definition) is 6. The third-order valence-corrected chi connectivity index (χ3v) is 4.38. The molecule has 0 fully saturated rings. The molecule has 0 atom stereocenters. The summed E-state index contributed by atoms with van der Waals surface area (Å²) in [4.78, 5) is 26.1. The number of nitrogens with one attached hydrogen (secondary N) is 1. The Morgan fingerprint density at radius 3 is 2.54 bits per heavy atom. The van der Waals surface area contributed by atoms with Gasteiger partial charge in [0.25, 0.3) is 0 Å². The number of rotatable bonds is 8. The lowest BCUT2D eigenvalue weighted by molar-refractivity contribution is -0.128. The molecule has 2 heterocycles. The van der Waals surface area contributed by atoms with Crippen molar-refractivity contribution in [3.05, 3.63) is 72.3 Å². The fourth-order valence-corrected chi connectivity index (χ4v) is 2.80. The van der Waals surface area contributed by atoms with Crippen LogP contribution in [0.4, 0.5) is 5.95 Å². The van der Waals surface area contributed by atoms with Gasteiger partial charge in [0.15, 0.2) is 0 Å². The van der Waals surface area contributed by atoms with E-state index in [2.05, 4.69) is 20.3 Å². The van der Waals surface area contributed by atoms with Crippen molar-refractivity contribution < 1.29 is 4.79 Å². The van der Waals surface area contributed by atoms with Crippen LogP contribution in [0.3, 0.4) is 0 Å². The summed E-state index contributed by atoms with van der Waals surface area (Å²) < 4.78 is 0. The Morgan fingerprint density at radius 2 is 1.82 bits per heavy atom. The number of carbonyl (C=O) groups is 1. The summed E-state index contributed by atoms with van der Waals surface area (Å²) in [6.45, 7) is 1.28. The predicted molar refractivity (Wildman–Crippen MR) is 109 cm³/mol. The fourth-order valence-electron chi connectivity index (χ4n) is 2.80. The lowest BCUT2D eigenvalue weighted by Gasteiger charge is -2.16. The van der Waals surface area contributed by atoms with Gasteiger partial charge in [0, 0.05) is 50.5 Å². The first-order valence-electron chi connectivity index (χ1n) is 9.14. The van der Waals surface area contributed by atoms with Gasteiger partial charge in [0.05, 0.1) is 6.54 Å². The van der Waals surface area contributed by atoms with E-state index in [-0.39, 0.29) is 12.5 Å². The molecule has 0 unspecified atom stereocenters. The second kappa shape index (κ2) is 9.57. The van der Waals surface area contributed by atoms with Crippen molar-refractivity contribution >= 4 is 11.9 Å². The normalized spacial score (nSPS) is 10.5. The minimum atomic E-state index is -0.0871. The summed E-state index contributed by atoms with van der Waals surface area (Å²) >= 11 is 0. The molecule has 3 N–H and O–H groups in total. The van der Waals surface area contributed by atoms with Crippen molar-refractivity contribution in [1.29, 1.82) is 0 Å². The first kappa shape index (κ1) is 19.4. The highest BCUT2D eigenvalue weighted by Gasteiger charge is 2.08. The summed E-state index contributed by atoms with van der Waals surface area (Å²) in [7, 11) is 1.75. The molecule has 7 heteroatoms. The van der Waals surface area contributed by atoms with Gasteiger partial charge in [-0.05, 0) is 41.3 Å². The molecule has 1 amide bonds. The third kappa shape index (κ3) is 5.34. The van der Waals surface area contributed by atoms with Crippen molar-refractivity contribution in [3.8, 4) is 11.1 Å². The number of aromatic nitrogens is 3. The zero-order valence-corrected chi connectivity index (χ0v) is 15.9. The minimum absolute atomic E-state index is 0.0135. The van der Waals surface area contributed by atoms with Crippen molar-refractivity contribution in [1.82, 2.24) is 19.9 Å². The lowest BCUT2D eigenvalue weighted by atomic mass is 10.1. The third-order valence-electron chi connectivity index (χ3n) is 4.38. The SMILES string of the molecule is CN(Cc1cccc(-c2cnc(NCCc3ccncc3)nc2)c1)C(=O)CN. The minimum Gasteiger partial charge on any atom is -0.354 e. The van der Waals surface area contributed by atoms with Crippen LogP contribution in [0.1, 0.15) is 11.1 Å². The topological polar surface area (TPSA) is 97.0 Å². The molecular weight excluding hydrogens is 352 g/mol. The number of pyridine rings is 1. The average molecular weight is 376 g/mol. The fraction of sp³-hybridized carbons (Fsp3) is 0.238. The van der Waals surface area contributed by atoms with Crippen molar-refractivity contribution in [2.45, 2.75) is 13.0 Å². The molecule has 144 valence electrons. The molecule has 0 spiro atoms. The van der Waals surface area contributed by atoms with Crippen LogP contribution in [0.15, 0.2) is 61.2 Å². The summed E-state index contributed by atoms with van der Waals surface area (Å²) in [6, 6.07) is 12.0.